The van der Waals surface area contributed by atoms with Gasteiger partial charge in [-0.05, 0) is 24.1 Å². The molecule has 1 atom stereocenters. The number of benzene rings is 1. The van der Waals surface area contributed by atoms with E-state index < -0.39 is 17.8 Å². The van der Waals surface area contributed by atoms with Gasteiger partial charge in [-0.1, -0.05) is 24.3 Å². The van der Waals surface area contributed by atoms with Crippen molar-refractivity contribution in [2.45, 2.75) is 20.0 Å². The number of carboxylic acid groups (broad SMARTS) is 1. The van der Waals surface area contributed by atoms with Crippen LogP contribution in [0.25, 0.3) is 0 Å². The average molecular weight is 287 g/mol. The molecule has 110 valence electrons. The molecule has 0 bridgehead atoms. The van der Waals surface area contributed by atoms with Crippen LogP contribution in [0.5, 0.6) is 0 Å². The van der Waals surface area contributed by atoms with Gasteiger partial charge in [0.25, 0.3) is 0 Å². The number of rotatable bonds is 6. The molecule has 2 N–H and O–H groups in total. The normalized spacial score (nSPS) is 11.9. The minimum Gasteiger partial charge on any atom is -0.481 e. The van der Waals surface area contributed by atoms with Crippen molar-refractivity contribution in [1.82, 2.24) is 15.1 Å². The van der Waals surface area contributed by atoms with E-state index >= 15 is 0 Å². The van der Waals surface area contributed by atoms with Crippen LogP contribution < -0.4 is 5.32 Å². The molecule has 0 saturated carbocycles. The number of carbonyl (C=O) groups is 2. The number of hydrogen-bond acceptors (Lipinski definition) is 3. The third-order valence-corrected chi connectivity index (χ3v) is 3.16. The zero-order valence-corrected chi connectivity index (χ0v) is 11.7. The molecule has 0 aliphatic carbocycles. The van der Waals surface area contributed by atoms with Crippen LogP contribution in [-0.4, -0.2) is 26.8 Å². The summed E-state index contributed by atoms with van der Waals surface area (Å²) in [5.41, 5.74) is 2.03. The Hall–Kier alpha value is -2.63. The first-order chi connectivity index (χ1) is 10.1. The van der Waals surface area contributed by atoms with Gasteiger partial charge in [0.1, 0.15) is 5.92 Å². The van der Waals surface area contributed by atoms with E-state index in [1.54, 1.807) is 6.20 Å². The molecule has 1 aromatic carbocycles. The van der Waals surface area contributed by atoms with E-state index in [2.05, 4.69) is 10.4 Å². The van der Waals surface area contributed by atoms with Gasteiger partial charge < -0.3 is 10.4 Å². The van der Waals surface area contributed by atoms with Crippen molar-refractivity contribution in [2.75, 3.05) is 0 Å². The Morgan fingerprint density at radius 3 is 2.52 bits per heavy atom. The summed E-state index contributed by atoms with van der Waals surface area (Å²) in [5.74, 6) is -2.64. The van der Waals surface area contributed by atoms with Gasteiger partial charge in [-0.2, -0.15) is 5.10 Å². The summed E-state index contributed by atoms with van der Waals surface area (Å²) in [5, 5.41) is 15.5. The van der Waals surface area contributed by atoms with Gasteiger partial charge in [0, 0.05) is 18.9 Å². The molecule has 0 aliphatic heterocycles. The third-order valence-electron chi connectivity index (χ3n) is 3.16. The second-order valence-electron chi connectivity index (χ2n) is 4.80. The molecule has 2 rings (SSSR count). The largest absolute Gasteiger partial charge is 0.481 e. The Morgan fingerprint density at radius 1 is 1.29 bits per heavy atom. The fourth-order valence-corrected chi connectivity index (χ4v) is 1.80. The zero-order chi connectivity index (χ0) is 15.2. The summed E-state index contributed by atoms with van der Waals surface area (Å²) in [6.45, 7) is 2.37. The van der Waals surface area contributed by atoms with Crippen molar-refractivity contribution in [3.8, 4) is 0 Å². The van der Waals surface area contributed by atoms with Gasteiger partial charge >= 0.3 is 5.97 Å². The lowest BCUT2D eigenvalue weighted by Crippen LogP contribution is -2.33. The fraction of sp³-hybridized carbons (Fsp3) is 0.267. The van der Waals surface area contributed by atoms with Gasteiger partial charge in [0.2, 0.25) is 5.91 Å². The maximum Gasteiger partial charge on any atom is 0.315 e. The van der Waals surface area contributed by atoms with Crippen molar-refractivity contribution in [1.29, 1.82) is 0 Å². The molecule has 6 heteroatoms. The summed E-state index contributed by atoms with van der Waals surface area (Å²) >= 11 is 0. The minimum atomic E-state index is -1.12. The van der Waals surface area contributed by atoms with Gasteiger partial charge in [0.15, 0.2) is 0 Å². The molecule has 0 spiro atoms. The lowest BCUT2D eigenvalue weighted by molar-refractivity contribution is -0.146. The summed E-state index contributed by atoms with van der Waals surface area (Å²) in [6, 6.07) is 9.61. The molecule has 1 aromatic heterocycles. The Labute approximate surface area is 122 Å². The Balaban J connectivity index is 1.88. The van der Waals surface area contributed by atoms with Crippen molar-refractivity contribution >= 4 is 11.9 Å². The molecule has 1 amide bonds. The predicted octanol–water partition coefficient (Wildman–Crippen LogP) is 1.27. The molecule has 0 fully saturated rings. The van der Waals surface area contributed by atoms with E-state index in [1.165, 1.54) is 6.92 Å². The molecule has 1 heterocycles. The van der Waals surface area contributed by atoms with Gasteiger partial charge in [-0.3, -0.25) is 14.3 Å². The standard InChI is InChI=1S/C15H17N3O3/c1-11(15(20)21)14(19)16-9-12-3-5-13(6-4-12)10-18-8-2-7-17-18/h2-8,11H,9-10H2,1H3,(H,16,19)(H,20,21). The highest BCUT2D eigenvalue weighted by Crippen LogP contribution is 2.06. The first-order valence-electron chi connectivity index (χ1n) is 6.62. The predicted molar refractivity (Wildman–Crippen MR) is 76.4 cm³/mol. The second-order valence-corrected chi connectivity index (χ2v) is 4.80. The van der Waals surface area contributed by atoms with Crippen LogP contribution >= 0.6 is 0 Å². The van der Waals surface area contributed by atoms with E-state index in [9.17, 15) is 9.59 Å². The Bertz CT molecular complexity index is 606. The number of carbonyl (C=O) groups excluding carboxylic acids is 1. The molecular weight excluding hydrogens is 270 g/mol. The van der Waals surface area contributed by atoms with Crippen LogP contribution in [-0.2, 0) is 22.7 Å². The molecule has 2 aromatic rings. The van der Waals surface area contributed by atoms with E-state index in [0.717, 1.165) is 11.1 Å². The van der Waals surface area contributed by atoms with Crippen LogP contribution in [0.1, 0.15) is 18.1 Å². The number of nitrogens with one attached hydrogen (secondary N) is 1. The van der Waals surface area contributed by atoms with Gasteiger partial charge in [0.05, 0.1) is 6.54 Å². The zero-order valence-electron chi connectivity index (χ0n) is 11.7. The SMILES string of the molecule is CC(C(=O)O)C(=O)NCc1ccc(Cn2cccn2)cc1. The first kappa shape index (κ1) is 14.8. The summed E-state index contributed by atoms with van der Waals surface area (Å²) in [6.07, 6.45) is 3.62. The maximum absolute atomic E-state index is 11.5. The van der Waals surface area contributed by atoms with Crippen molar-refractivity contribution in [2.24, 2.45) is 5.92 Å². The van der Waals surface area contributed by atoms with E-state index in [0.29, 0.717) is 13.1 Å². The van der Waals surface area contributed by atoms with Crippen LogP contribution in [0.15, 0.2) is 42.7 Å². The molecule has 0 radical (unpaired) electrons. The lowest BCUT2D eigenvalue weighted by Gasteiger charge is -2.09. The maximum atomic E-state index is 11.5. The Morgan fingerprint density at radius 2 is 1.95 bits per heavy atom. The van der Waals surface area contributed by atoms with Crippen LogP contribution in [0.4, 0.5) is 0 Å². The van der Waals surface area contributed by atoms with E-state index in [-0.39, 0.29) is 0 Å². The second kappa shape index (κ2) is 6.69. The number of nitrogens with zero attached hydrogens (tertiary/aromatic N) is 2. The highest BCUT2D eigenvalue weighted by Gasteiger charge is 2.19. The molecular formula is C15H17N3O3. The number of aliphatic carboxylic acids is 1. The fourth-order valence-electron chi connectivity index (χ4n) is 1.80. The van der Waals surface area contributed by atoms with Crippen molar-refractivity contribution < 1.29 is 14.7 Å². The third kappa shape index (κ3) is 4.17. The topological polar surface area (TPSA) is 84.2 Å². The molecule has 0 saturated heterocycles. The minimum absolute atomic E-state index is 0.318. The number of amides is 1. The Kier molecular flexibility index (Phi) is 4.71. The smallest absolute Gasteiger partial charge is 0.315 e. The summed E-state index contributed by atoms with van der Waals surface area (Å²) < 4.78 is 1.82. The number of hydrogen-bond donors (Lipinski definition) is 2. The lowest BCUT2D eigenvalue weighted by atomic mass is 10.1. The molecule has 21 heavy (non-hydrogen) atoms. The van der Waals surface area contributed by atoms with Gasteiger partial charge in [-0.25, -0.2) is 0 Å². The highest BCUT2D eigenvalue weighted by atomic mass is 16.4. The highest BCUT2D eigenvalue weighted by molar-refractivity contribution is 5.96. The first-order valence-corrected chi connectivity index (χ1v) is 6.62. The van der Waals surface area contributed by atoms with Crippen LogP contribution in [0, 0.1) is 5.92 Å². The van der Waals surface area contributed by atoms with Crippen LogP contribution in [0.3, 0.4) is 0 Å². The number of aromatic nitrogens is 2. The van der Waals surface area contributed by atoms with Crippen LogP contribution in [0.2, 0.25) is 0 Å². The number of carboxylic acids is 1. The quantitative estimate of drug-likeness (QED) is 0.784. The van der Waals surface area contributed by atoms with Crippen molar-refractivity contribution in [3.05, 3.63) is 53.9 Å². The van der Waals surface area contributed by atoms with Gasteiger partial charge in [-0.15, -0.1) is 0 Å². The van der Waals surface area contributed by atoms with E-state index in [1.807, 2.05) is 41.2 Å². The monoisotopic (exact) mass is 287 g/mol. The summed E-state index contributed by atoms with van der Waals surface area (Å²) in [7, 11) is 0. The summed E-state index contributed by atoms with van der Waals surface area (Å²) in [4.78, 5) is 22.2. The average Bonchev–Trinajstić information content (AvgIpc) is 2.98. The molecule has 6 nitrogen and oxygen atoms in total. The van der Waals surface area contributed by atoms with Crippen molar-refractivity contribution in [3.63, 3.8) is 0 Å². The molecule has 1 unspecified atom stereocenters. The molecule has 0 aliphatic rings. The van der Waals surface area contributed by atoms with E-state index in [4.69, 9.17) is 5.11 Å².